The molecule has 2 rings (SSSR count). The van der Waals surface area contributed by atoms with E-state index in [1.54, 1.807) is 6.92 Å². The predicted octanol–water partition coefficient (Wildman–Crippen LogP) is 3.20. The molecule has 0 saturated heterocycles. The molecule has 0 amide bonds. The van der Waals surface area contributed by atoms with E-state index in [2.05, 4.69) is 6.07 Å². The van der Waals surface area contributed by atoms with Crippen molar-refractivity contribution in [2.24, 2.45) is 0 Å². The quantitative estimate of drug-likeness (QED) is 0.890. The van der Waals surface area contributed by atoms with Crippen molar-refractivity contribution in [2.45, 2.75) is 18.4 Å². The Bertz CT molecular complexity index is 544. The van der Waals surface area contributed by atoms with E-state index in [-0.39, 0.29) is 0 Å². The Hall–Kier alpha value is -2.11. The number of hydrogen-bond acceptors (Lipinski definition) is 2. The normalized spacial score (nSPS) is 15.4. The topological polar surface area (TPSA) is 44.0 Å². The summed E-state index contributed by atoms with van der Waals surface area (Å²) in [6, 6.07) is 20.9. The number of hydrogen-bond donors (Lipinski definition) is 1. The maximum absolute atomic E-state index is 10.5. The molecular formula is C16H15NO. The third-order valence-corrected chi connectivity index (χ3v) is 3.27. The predicted molar refractivity (Wildman–Crippen MR) is 70.8 cm³/mol. The van der Waals surface area contributed by atoms with Gasteiger partial charge in [0.2, 0.25) is 0 Å². The standard InChI is InChI=1S/C16H15NO/c1-16(12-17,14-10-6-3-7-11-14)15(18)13-8-4-2-5-9-13/h2-11,15,18H,1H3/t15-,16-/m1/s1. The molecule has 0 fully saturated rings. The zero-order valence-electron chi connectivity index (χ0n) is 10.2. The number of rotatable bonds is 3. The highest BCUT2D eigenvalue weighted by Gasteiger charge is 2.35. The number of benzene rings is 2. The lowest BCUT2D eigenvalue weighted by Gasteiger charge is -2.28. The van der Waals surface area contributed by atoms with Gasteiger partial charge in [-0.05, 0) is 18.1 Å². The van der Waals surface area contributed by atoms with Gasteiger partial charge in [0.1, 0.15) is 11.5 Å². The van der Waals surface area contributed by atoms with Gasteiger partial charge in [-0.25, -0.2) is 0 Å². The second-order valence-electron chi connectivity index (χ2n) is 4.49. The van der Waals surface area contributed by atoms with E-state index in [0.29, 0.717) is 0 Å². The summed E-state index contributed by atoms with van der Waals surface area (Å²) in [5, 5.41) is 19.9. The van der Waals surface area contributed by atoms with Crippen LogP contribution in [0.3, 0.4) is 0 Å². The Morgan fingerprint density at radius 1 is 1.00 bits per heavy atom. The van der Waals surface area contributed by atoms with Crippen molar-refractivity contribution in [3.8, 4) is 6.07 Å². The SMILES string of the molecule is C[C@@](C#N)(c1ccccc1)[C@H](O)c1ccccc1. The molecule has 0 aliphatic rings. The van der Waals surface area contributed by atoms with E-state index in [9.17, 15) is 10.4 Å². The molecule has 90 valence electrons. The molecule has 0 saturated carbocycles. The summed E-state index contributed by atoms with van der Waals surface area (Å²) in [6.45, 7) is 1.76. The van der Waals surface area contributed by atoms with Gasteiger partial charge in [-0.1, -0.05) is 60.7 Å². The van der Waals surface area contributed by atoms with Crippen LogP contribution >= 0.6 is 0 Å². The molecule has 0 heterocycles. The summed E-state index contributed by atoms with van der Waals surface area (Å²) >= 11 is 0. The molecule has 0 aliphatic heterocycles. The molecule has 2 atom stereocenters. The summed E-state index contributed by atoms with van der Waals surface area (Å²) in [5.74, 6) is 0. The third kappa shape index (κ3) is 2.13. The van der Waals surface area contributed by atoms with Crippen molar-refractivity contribution in [2.75, 3.05) is 0 Å². The minimum absolute atomic E-state index is 0.755. The minimum atomic E-state index is -0.942. The average Bonchev–Trinajstić information content (AvgIpc) is 2.47. The van der Waals surface area contributed by atoms with Gasteiger partial charge in [-0.3, -0.25) is 0 Å². The van der Waals surface area contributed by atoms with Crippen molar-refractivity contribution < 1.29 is 5.11 Å². The van der Waals surface area contributed by atoms with E-state index in [1.807, 2.05) is 60.7 Å². The fraction of sp³-hybridized carbons (Fsp3) is 0.188. The minimum Gasteiger partial charge on any atom is -0.386 e. The number of aliphatic hydroxyl groups excluding tert-OH is 1. The van der Waals surface area contributed by atoms with Gasteiger partial charge in [-0.2, -0.15) is 5.26 Å². The fourth-order valence-electron chi connectivity index (χ4n) is 2.04. The van der Waals surface area contributed by atoms with E-state index < -0.39 is 11.5 Å². The molecule has 18 heavy (non-hydrogen) atoms. The molecule has 0 spiro atoms. The smallest absolute Gasteiger partial charge is 0.109 e. The first-order valence-electron chi connectivity index (χ1n) is 5.88. The maximum Gasteiger partial charge on any atom is 0.109 e. The first-order chi connectivity index (χ1) is 8.68. The second-order valence-corrected chi connectivity index (χ2v) is 4.49. The largest absolute Gasteiger partial charge is 0.386 e. The van der Waals surface area contributed by atoms with Gasteiger partial charge in [0.05, 0.1) is 6.07 Å². The van der Waals surface area contributed by atoms with Crippen molar-refractivity contribution in [3.05, 3.63) is 71.8 Å². The molecule has 2 nitrogen and oxygen atoms in total. The molecule has 0 aliphatic carbocycles. The van der Waals surface area contributed by atoms with Gasteiger partial charge < -0.3 is 5.11 Å². The van der Waals surface area contributed by atoms with Crippen molar-refractivity contribution >= 4 is 0 Å². The van der Waals surface area contributed by atoms with Gasteiger partial charge in [-0.15, -0.1) is 0 Å². The number of aliphatic hydroxyl groups is 1. The molecule has 2 aromatic rings. The summed E-state index contributed by atoms with van der Waals surface area (Å²) < 4.78 is 0. The van der Waals surface area contributed by atoms with Gasteiger partial charge >= 0.3 is 0 Å². The number of nitrogens with zero attached hydrogens (tertiary/aromatic N) is 1. The second kappa shape index (κ2) is 5.03. The van der Waals surface area contributed by atoms with Crippen LogP contribution in [0.15, 0.2) is 60.7 Å². The summed E-state index contributed by atoms with van der Waals surface area (Å²) in [7, 11) is 0. The van der Waals surface area contributed by atoms with E-state index in [0.717, 1.165) is 11.1 Å². The Balaban J connectivity index is 2.43. The average molecular weight is 237 g/mol. The Labute approximate surface area is 107 Å². The van der Waals surface area contributed by atoms with Gasteiger partial charge in [0.25, 0.3) is 0 Å². The first-order valence-corrected chi connectivity index (χ1v) is 5.88. The van der Waals surface area contributed by atoms with Crippen LogP contribution in [0.25, 0.3) is 0 Å². The molecule has 0 radical (unpaired) electrons. The summed E-state index contributed by atoms with van der Waals surface area (Å²) in [6.07, 6.45) is -0.842. The monoisotopic (exact) mass is 237 g/mol. The van der Waals surface area contributed by atoms with Crippen LogP contribution in [-0.2, 0) is 5.41 Å². The lowest BCUT2D eigenvalue weighted by Crippen LogP contribution is -2.28. The molecule has 0 aromatic heterocycles. The third-order valence-electron chi connectivity index (χ3n) is 3.27. The zero-order valence-corrected chi connectivity index (χ0v) is 10.2. The van der Waals surface area contributed by atoms with Crippen LogP contribution in [0.2, 0.25) is 0 Å². The van der Waals surface area contributed by atoms with Crippen LogP contribution in [0.4, 0.5) is 0 Å². The molecule has 0 bridgehead atoms. The Morgan fingerprint density at radius 3 is 2.00 bits per heavy atom. The Kier molecular flexibility index (Phi) is 3.45. The van der Waals surface area contributed by atoms with Crippen LogP contribution in [0.5, 0.6) is 0 Å². The van der Waals surface area contributed by atoms with Crippen molar-refractivity contribution in [1.82, 2.24) is 0 Å². The Morgan fingerprint density at radius 2 is 1.50 bits per heavy atom. The van der Waals surface area contributed by atoms with Crippen molar-refractivity contribution in [3.63, 3.8) is 0 Å². The molecule has 0 unspecified atom stereocenters. The van der Waals surface area contributed by atoms with Gasteiger partial charge in [0.15, 0.2) is 0 Å². The fourth-order valence-corrected chi connectivity index (χ4v) is 2.04. The van der Waals surface area contributed by atoms with E-state index >= 15 is 0 Å². The van der Waals surface area contributed by atoms with Crippen LogP contribution < -0.4 is 0 Å². The van der Waals surface area contributed by atoms with Crippen molar-refractivity contribution in [1.29, 1.82) is 5.26 Å². The highest BCUT2D eigenvalue weighted by Crippen LogP contribution is 2.36. The van der Waals surface area contributed by atoms with E-state index in [4.69, 9.17) is 0 Å². The molecular weight excluding hydrogens is 222 g/mol. The molecule has 2 heteroatoms. The maximum atomic E-state index is 10.5. The lowest BCUT2D eigenvalue weighted by molar-refractivity contribution is 0.119. The molecule has 1 N–H and O–H groups in total. The highest BCUT2D eigenvalue weighted by molar-refractivity contribution is 5.37. The van der Waals surface area contributed by atoms with Crippen LogP contribution in [0.1, 0.15) is 24.2 Å². The highest BCUT2D eigenvalue weighted by atomic mass is 16.3. The number of nitriles is 1. The summed E-state index contributed by atoms with van der Waals surface area (Å²) in [4.78, 5) is 0. The van der Waals surface area contributed by atoms with Crippen LogP contribution in [0, 0.1) is 11.3 Å². The molecule has 2 aromatic carbocycles. The lowest BCUT2D eigenvalue weighted by atomic mass is 9.76. The van der Waals surface area contributed by atoms with E-state index in [1.165, 1.54) is 0 Å². The van der Waals surface area contributed by atoms with Gasteiger partial charge in [0, 0.05) is 0 Å². The first kappa shape index (κ1) is 12.3. The van der Waals surface area contributed by atoms with Crippen LogP contribution in [-0.4, -0.2) is 5.11 Å². The zero-order chi connectivity index (χ0) is 13.0. The summed E-state index contributed by atoms with van der Waals surface area (Å²) in [5.41, 5.74) is 0.636.